The van der Waals surface area contributed by atoms with Crippen molar-refractivity contribution in [2.24, 2.45) is 0 Å². The minimum absolute atomic E-state index is 0.0429. The van der Waals surface area contributed by atoms with Gasteiger partial charge in [0.15, 0.2) is 0 Å². The van der Waals surface area contributed by atoms with Crippen LogP contribution in [0.4, 0.5) is 23.0 Å². The third-order valence-electron chi connectivity index (χ3n) is 3.81. The zero-order chi connectivity index (χ0) is 21.5. The summed E-state index contributed by atoms with van der Waals surface area (Å²) in [5.41, 5.74) is 5.24. The summed E-state index contributed by atoms with van der Waals surface area (Å²) in [6.45, 7) is 2.40. The number of benzene rings is 2. The van der Waals surface area contributed by atoms with Gasteiger partial charge in [0.1, 0.15) is 12.1 Å². The molecule has 0 radical (unpaired) electrons. The molecular formula is C19H17ClN6O4. The monoisotopic (exact) mass is 428 g/mol. The highest BCUT2D eigenvalue weighted by Crippen LogP contribution is 2.31. The number of nitrogens with zero attached hydrogens (tertiary/aromatic N) is 3. The number of hydrazine groups is 1. The molecule has 2 aromatic carbocycles. The molecule has 0 atom stereocenters. The minimum Gasteiger partial charge on any atom is -0.494 e. The van der Waals surface area contributed by atoms with Crippen molar-refractivity contribution < 1.29 is 14.5 Å². The summed E-state index contributed by atoms with van der Waals surface area (Å²) in [4.78, 5) is 31.0. The van der Waals surface area contributed by atoms with E-state index >= 15 is 0 Å². The predicted molar refractivity (Wildman–Crippen MR) is 112 cm³/mol. The van der Waals surface area contributed by atoms with Crippen LogP contribution in [0, 0.1) is 10.1 Å². The SMILES string of the molecule is CCOc1ccc(Nc2ncnc(NNC(=O)c3cccc(Cl)c3)c2[N+](=O)[O-])cc1. The van der Waals surface area contributed by atoms with E-state index in [1.54, 1.807) is 42.5 Å². The Hall–Kier alpha value is -3.92. The second kappa shape index (κ2) is 9.52. The molecule has 3 N–H and O–H groups in total. The molecule has 154 valence electrons. The number of carbonyl (C=O) groups excluding carboxylic acids is 1. The molecule has 0 fully saturated rings. The molecule has 0 aliphatic carbocycles. The van der Waals surface area contributed by atoms with E-state index < -0.39 is 16.5 Å². The van der Waals surface area contributed by atoms with Crippen LogP contribution < -0.4 is 20.9 Å². The molecule has 1 heterocycles. The maximum atomic E-state index is 12.2. The van der Waals surface area contributed by atoms with Crippen molar-refractivity contribution in [1.29, 1.82) is 0 Å². The first-order valence-electron chi connectivity index (χ1n) is 8.79. The highest BCUT2D eigenvalue weighted by Gasteiger charge is 2.23. The van der Waals surface area contributed by atoms with Gasteiger partial charge in [0.2, 0.25) is 11.6 Å². The molecule has 0 saturated heterocycles. The molecule has 0 bridgehead atoms. The van der Waals surface area contributed by atoms with Crippen molar-refractivity contribution in [3.05, 3.63) is 75.6 Å². The molecule has 3 rings (SSSR count). The molecule has 11 heteroatoms. The largest absolute Gasteiger partial charge is 0.494 e. The van der Waals surface area contributed by atoms with Crippen molar-refractivity contribution >= 4 is 40.5 Å². The van der Waals surface area contributed by atoms with E-state index in [2.05, 4.69) is 26.1 Å². The number of nitro groups is 1. The Balaban J connectivity index is 1.78. The fraction of sp³-hybridized carbons (Fsp3) is 0.105. The van der Waals surface area contributed by atoms with E-state index in [1.807, 2.05) is 6.92 Å². The van der Waals surface area contributed by atoms with Crippen LogP contribution in [0.1, 0.15) is 17.3 Å². The third kappa shape index (κ3) is 5.11. The molecule has 0 aliphatic rings. The van der Waals surface area contributed by atoms with Crippen molar-refractivity contribution in [2.75, 3.05) is 17.3 Å². The van der Waals surface area contributed by atoms with Crippen LogP contribution in [-0.2, 0) is 0 Å². The number of nitrogens with one attached hydrogen (secondary N) is 3. The molecule has 30 heavy (non-hydrogen) atoms. The lowest BCUT2D eigenvalue weighted by Gasteiger charge is -2.11. The molecular weight excluding hydrogens is 412 g/mol. The number of ether oxygens (including phenoxy) is 1. The van der Waals surface area contributed by atoms with Crippen LogP contribution in [0.5, 0.6) is 5.75 Å². The fourth-order valence-corrected chi connectivity index (χ4v) is 2.68. The van der Waals surface area contributed by atoms with Crippen LogP contribution in [0.2, 0.25) is 5.02 Å². The average molecular weight is 429 g/mol. The third-order valence-corrected chi connectivity index (χ3v) is 4.05. The van der Waals surface area contributed by atoms with Gasteiger partial charge in [-0.1, -0.05) is 17.7 Å². The molecule has 0 aliphatic heterocycles. The maximum absolute atomic E-state index is 12.2. The summed E-state index contributed by atoms with van der Waals surface area (Å²) in [7, 11) is 0. The van der Waals surface area contributed by atoms with Gasteiger partial charge in [-0.3, -0.25) is 25.8 Å². The first-order valence-corrected chi connectivity index (χ1v) is 9.17. The predicted octanol–water partition coefficient (Wildman–Crippen LogP) is 3.94. The molecule has 0 spiro atoms. The quantitative estimate of drug-likeness (QED) is 0.363. The lowest BCUT2D eigenvalue weighted by molar-refractivity contribution is -0.383. The number of hydrogen-bond acceptors (Lipinski definition) is 8. The number of halogens is 1. The van der Waals surface area contributed by atoms with Gasteiger partial charge >= 0.3 is 5.69 Å². The van der Waals surface area contributed by atoms with Crippen molar-refractivity contribution in [3.63, 3.8) is 0 Å². The second-order valence-corrected chi connectivity index (χ2v) is 6.28. The molecule has 1 aromatic heterocycles. The van der Waals surface area contributed by atoms with Gasteiger partial charge in [0.25, 0.3) is 5.91 Å². The highest BCUT2D eigenvalue weighted by molar-refractivity contribution is 6.30. The Morgan fingerprint density at radius 2 is 1.90 bits per heavy atom. The minimum atomic E-state index is -0.648. The van der Waals surface area contributed by atoms with Gasteiger partial charge in [0.05, 0.1) is 11.5 Å². The molecule has 10 nitrogen and oxygen atoms in total. The van der Waals surface area contributed by atoms with Crippen LogP contribution in [-0.4, -0.2) is 27.4 Å². The van der Waals surface area contributed by atoms with Gasteiger partial charge in [-0.15, -0.1) is 0 Å². The lowest BCUT2D eigenvalue weighted by Crippen LogP contribution is -2.30. The van der Waals surface area contributed by atoms with Crippen LogP contribution in [0.15, 0.2) is 54.9 Å². The summed E-state index contributed by atoms with van der Waals surface area (Å²) in [6.07, 6.45) is 1.14. The topological polar surface area (TPSA) is 131 Å². The van der Waals surface area contributed by atoms with Gasteiger partial charge in [-0.05, 0) is 49.4 Å². The fourth-order valence-electron chi connectivity index (χ4n) is 2.49. The van der Waals surface area contributed by atoms with E-state index in [4.69, 9.17) is 16.3 Å². The van der Waals surface area contributed by atoms with Gasteiger partial charge in [-0.2, -0.15) is 0 Å². The van der Waals surface area contributed by atoms with E-state index in [0.29, 0.717) is 23.1 Å². The number of aromatic nitrogens is 2. The number of carbonyl (C=O) groups is 1. The average Bonchev–Trinajstić information content (AvgIpc) is 2.73. The molecule has 0 unspecified atom stereocenters. The highest BCUT2D eigenvalue weighted by atomic mass is 35.5. The first kappa shape index (κ1) is 20.8. The van der Waals surface area contributed by atoms with E-state index in [1.165, 1.54) is 6.07 Å². The maximum Gasteiger partial charge on any atom is 0.355 e. The molecule has 0 saturated carbocycles. The Kier molecular flexibility index (Phi) is 6.60. The Morgan fingerprint density at radius 1 is 1.17 bits per heavy atom. The van der Waals surface area contributed by atoms with E-state index in [0.717, 1.165) is 6.33 Å². The summed E-state index contributed by atoms with van der Waals surface area (Å²) in [5, 5.41) is 14.9. The summed E-state index contributed by atoms with van der Waals surface area (Å²) < 4.78 is 5.37. The molecule has 1 amide bonds. The Morgan fingerprint density at radius 3 is 2.57 bits per heavy atom. The van der Waals surface area contributed by atoms with Crippen LogP contribution in [0.3, 0.4) is 0 Å². The van der Waals surface area contributed by atoms with Crippen molar-refractivity contribution in [3.8, 4) is 5.75 Å². The van der Waals surface area contributed by atoms with Gasteiger partial charge in [-0.25, -0.2) is 9.97 Å². The van der Waals surface area contributed by atoms with Gasteiger partial charge < -0.3 is 10.1 Å². The first-order chi connectivity index (χ1) is 14.5. The van der Waals surface area contributed by atoms with E-state index in [-0.39, 0.29) is 17.2 Å². The van der Waals surface area contributed by atoms with Crippen LogP contribution >= 0.6 is 11.6 Å². The standard InChI is InChI=1S/C19H17ClN6O4/c1-2-30-15-8-6-14(7-9-15)23-17-16(26(28)29)18(22-11-21-17)24-25-19(27)12-4-3-5-13(20)10-12/h3-11H,2H2,1H3,(H,25,27)(H2,21,22,23,24). The summed E-state index contributed by atoms with van der Waals surface area (Å²) >= 11 is 5.87. The zero-order valence-corrected chi connectivity index (χ0v) is 16.5. The second-order valence-electron chi connectivity index (χ2n) is 5.85. The number of anilines is 3. The van der Waals surface area contributed by atoms with Crippen LogP contribution in [0.25, 0.3) is 0 Å². The lowest BCUT2D eigenvalue weighted by atomic mass is 10.2. The molecule has 3 aromatic rings. The van der Waals surface area contributed by atoms with E-state index in [9.17, 15) is 14.9 Å². The Labute approximate surface area is 176 Å². The number of amides is 1. The number of rotatable bonds is 8. The van der Waals surface area contributed by atoms with Gasteiger partial charge in [0, 0.05) is 16.3 Å². The normalized spacial score (nSPS) is 10.2. The number of hydrogen-bond donors (Lipinski definition) is 3. The Bertz CT molecular complexity index is 1060. The van der Waals surface area contributed by atoms with Crippen molar-refractivity contribution in [2.45, 2.75) is 6.92 Å². The summed E-state index contributed by atoms with van der Waals surface area (Å²) in [6, 6.07) is 13.1. The zero-order valence-electron chi connectivity index (χ0n) is 15.8. The van der Waals surface area contributed by atoms with Crippen molar-refractivity contribution in [1.82, 2.24) is 15.4 Å². The summed E-state index contributed by atoms with van der Waals surface area (Å²) in [5.74, 6) is -0.0877. The smallest absolute Gasteiger partial charge is 0.355 e.